The van der Waals surface area contributed by atoms with E-state index in [1.807, 2.05) is 44.3 Å². The summed E-state index contributed by atoms with van der Waals surface area (Å²) in [5, 5.41) is 0.765. The molecule has 3 heteroatoms. The van der Waals surface area contributed by atoms with Crippen LogP contribution < -0.4 is 4.90 Å². The number of benzene rings is 1. The molecule has 1 aromatic carbocycles. The summed E-state index contributed by atoms with van der Waals surface area (Å²) in [5.74, 6) is 0. The Kier molecular flexibility index (Phi) is 10.8. The summed E-state index contributed by atoms with van der Waals surface area (Å²) in [7, 11) is 0. The topological polar surface area (TPSA) is 6.25 Å². The van der Waals surface area contributed by atoms with Crippen LogP contribution in [-0.4, -0.2) is 24.0 Å². The number of hydrogen-bond donors (Lipinski definition) is 0. The van der Waals surface area contributed by atoms with Crippen LogP contribution in [0.25, 0.3) is 0 Å². The zero-order valence-electron chi connectivity index (χ0n) is 13.3. The normalized spacial score (nSPS) is 10.6. The lowest BCUT2D eigenvalue weighted by Gasteiger charge is -2.12. The van der Waals surface area contributed by atoms with Crippen molar-refractivity contribution in [2.75, 3.05) is 18.0 Å². The minimum atomic E-state index is 0.765. The summed E-state index contributed by atoms with van der Waals surface area (Å²) < 4.78 is 2.13. The fourth-order valence-electron chi connectivity index (χ4n) is 1.68. The lowest BCUT2D eigenvalue weighted by molar-refractivity contribution is -0.453. The molecule has 0 radical (unpaired) electrons. The molecule has 1 aromatic rings. The lowest BCUT2D eigenvalue weighted by Crippen LogP contribution is -2.26. The van der Waals surface area contributed by atoms with Crippen LogP contribution in [-0.2, 0) is 0 Å². The quantitative estimate of drug-likeness (QED) is 0.382. The fourth-order valence-corrected chi connectivity index (χ4v) is 1.81. The van der Waals surface area contributed by atoms with Gasteiger partial charge in [0.15, 0.2) is 0 Å². The summed E-state index contributed by atoms with van der Waals surface area (Å²) >= 11 is 5.91. The summed E-state index contributed by atoms with van der Waals surface area (Å²) in [6.07, 6.45) is 6.33. The van der Waals surface area contributed by atoms with Crippen LogP contribution in [0.2, 0.25) is 5.02 Å². The van der Waals surface area contributed by atoms with E-state index in [9.17, 15) is 0 Å². The highest BCUT2D eigenvalue weighted by molar-refractivity contribution is 6.30. The van der Waals surface area contributed by atoms with Gasteiger partial charge in [-0.3, -0.25) is 0 Å². The van der Waals surface area contributed by atoms with E-state index in [4.69, 9.17) is 11.6 Å². The number of halogens is 1. The van der Waals surface area contributed by atoms with Crippen LogP contribution in [0.3, 0.4) is 0 Å². The minimum Gasteiger partial charge on any atom is -0.241 e. The Morgan fingerprint density at radius 3 is 2.25 bits per heavy atom. The van der Waals surface area contributed by atoms with Gasteiger partial charge >= 0.3 is 0 Å². The van der Waals surface area contributed by atoms with Crippen molar-refractivity contribution >= 4 is 23.6 Å². The summed E-state index contributed by atoms with van der Waals surface area (Å²) in [6, 6.07) is 7.89. The molecule has 0 unspecified atom stereocenters. The molecule has 1 rings (SSSR count). The van der Waals surface area contributed by atoms with Crippen LogP contribution >= 0.6 is 11.6 Å². The molecule has 0 spiro atoms. The predicted molar refractivity (Wildman–Crippen MR) is 92.1 cm³/mol. The lowest BCUT2D eigenvalue weighted by atomic mass is 10.3. The Hall–Kier alpha value is -1.28. The van der Waals surface area contributed by atoms with Crippen LogP contribution in [0.5, 0.6) is 0 Å². The van der Waals surface area contributed by atoms with Crippen LogP contribution in [0.15, 0.2) is 37.0 Å². The van der Waals surface area contributed by atoms with Crippen LogP contribution in [0.1, 0.15) is 40.5 Å². The molecule has 2 nitrogen and oxygen atoms in total. The molecule has 0 aliphatic carbocycles. The van der Waals surface area contributed by atoms with Crippen molar-refractivity contribution in [2.45, 2.75) is 40.5 Å². The number of anilines is 1. The van der Waals surface area contributed by atoms with Crippen molar-refractivity contribution in [2.24, 2.45) is 0 Å². The first kappa shape index (κ1) is 18.7. The maximum absolute atomic E-state index is 5.91. The standard InChI is InChI=1S/C15H22ClN2.C2H6/c1-4-7-12-17(5-2)13-18(6-3)15-10-8-14(16)9-11-15;1-2/h5,8-11,13H,2,4,6-7,12H2,1,3H3;1-2H3/q+1;. The average molecular weight is 296 g/mol. The van der Waals surface area contributed by atoms with E-state index in [-0.39, 0.29) is 0 Å². The Labute approximate surface area is 129 Å². The molecule has 0 atom stereocenters. The van der Waals surface area contributed by atoms with Gasteiger partial charge in [0, 0.05) is 5.02 Å². The van der Waals surface area contributed by atoms with E-state index in [0.717, 1.165) is 23.8 Å². The third-order valence-electron chi connectivity index (χ3n) is 2.79. The van der Waals surface area contributed by atoms with Crippen molar-refractivity contribution in [3.05, 3.63) is 42.1 Å². The SMILES string of the molecule is C=C[N+](=CN(CC)c1ccc(Cl)cc1)CCCC.CC. The van der Waals surface area contributed by atoms with Crippen molar-refractivity contribution < 1.29 is 4.58 Å². The Balaban J connectivity index is 0.00000172. The number of hydrogen-bond acceptors (Lipinski definition) is 0. The zero-order chi connectivity index (χ0) is 15.4. The monoisotopic (exact) mass is 295 g/mol. The van der Waals surface area contributed by atoms with Gasteiger partial charge in [-0.05, 0) is 37.6 Å². The van der Waals surface area contributed by atoms with Gasteiger partial charge in [-0.25, -0.2) is 9.48 Å². The van der Waals surface area contributed by atoms with Crippen molar-refractivity contribution in [3.63, 3.8) is 0 Å². The molecule has 112 valence electrons. The molecule has 0 aromatic heterocycles. The average Bonchev–Trinajstić information content (AvgIpc) is 2.51. The zero-order valence-corrected chi connectivity index (χ0v) is 14.0. The molecule has 0 aliphatic rings. The van der Waals surface area contributed by atoms with Gasteiger partial charge in [0.1, 0.15) is 5.69 Å². The Morgan fingerprint density at radius 1 is 1.20 bits per heavy atom. The third-order valence-corrected chi connectivity index (χ3v) is 3.04. The van der Waals surface area contributed by atoms with Crippen molar-refractivity contribution in [3.8, 4) is 0 Å². The van der Waals surface area contributed by atoms with Gasteiger partial charge in [-0.1, -0.05) is 45.4 Å². The highest BCUT2D eigenvalue weighted by Crippen LogP contribution is 2.16. The molecule has 0 heterocycles. The maximum Gasteiger partial charge on any atom is 0.243 e. The molecule has 0 aliphatic heterocycles. The Morgan fingerprint density at radius 2 is 1.80 bits per heavy atom. The summed E-state index contributed by atoms with van der Waals surface area (Å²) in [6.45, 7) is 14.1. The van der Waals surface area contributed by atoms with E-state index in [1.165, 1.54) is 12.8 Å². The highest BCUT2D eigenvalue weighted by Gasteiger charge is 2.09. The van der Waals surface area contributed by atoms with Gasteiger partial charge < -0.3 is 0 Å². The first-order valence-corrected chi connectivity index (χ1v) is 7.84. The fraction of sp³-hybridized carbons (Fsp3) is 0.471. The van der Waals surface area contributed by atoms with Gasteiger partial charge in [-0.15, -0.1) is 0 Å². The molecule has 0 amide bonds. The number of nitrogens with zero attached hydrogens (tertiary/aromatic N) is 2. The van der Waals surface area contributed by atoms with E-state index in [0.29, 0.717) is 0 Å². The van der Waals surface area contributed by atoms with E-state index >= 15 is 0 Å². The summed E-state index contributed by atoms with van der Waals surface area (Å²) in [5.41, 5.74) is 1.14. The van der Waals surface area contributed by atoms with Gasteiger partial charge in [-0.2, -0.15) is 0 Å². The number of unbranched alkanes of at least 4 members (excludes halogenated alkanes) is 1. The molecular formula is C17H28ClN2+. The first-order chi connectivity index (χ1) is 9.71. The highest BCUT2D eigenvalue weighted by atomic mass is 35.5. The predicted octanol–water partition coefficient (Wildman–Crippen LogP) is 5.18. The van der Waals surface area contributed by atoms with Gasteiger partial charge in [0.25, 0.3) is 0 Å². The minimum absolute atomic E-state index is 0.765. The molecule has 20 heavy (non-hydrogen) atoms. The van der Waals surface area contributed by atoms with E-state index in [2.05, 4.69) is 36.2 Å². The number of rotatable bonds is 7. The molecular weight excluding hydrogens is 268 g/mol. The van der Waals surface area contributed by atoms with Crippen molar-refractivity contribution in [1.82, 2.24) is 0 Å². The smallest absolute Gasteiger partial charge is 0.241 e. The molecule has 0 saturated heterocycles. The van der Waals surface area contributed by atoms with E-state index in [1.54, 1.807) is 0 Å². The Bertz CT molecular complexity index is 396. The summed E-state index contributed by atoms with van der Waals surface area (Å²) in [4.78, 5) is 2.19. The van der Waals surface area contributed by atoms with Gasteiger partial charge in [0.2, 0.25) is 6.34 Å². The molecule has 0 N–H and O–H groups in total. The second-order valence-electron chi connectivity index (χ2n) is 4.15. The molecule has 0 bridgehead atoms. The first-order valence-electron chi connectivity index (χ1n) is 7.46. The van der Waals surface area contributed by atoms with Crippen LogP contribution in [0, 0.1) is 0 Å². The van der Waals surface area contributed by atoms with E-state index < -0.39 is 0 Å². The largest absolute Gasteiger partial charge is 0.243 e. The second kappa shape index (κ2) is 11.5. The van der Waals surface area contributed by atoms with Gasteiger partial charge in [0.05, 0.1) is 19.3 Å². The van der Waals surface area contributed by atoms with Crippen LogP contribution in [0.4, 0.5) is 5.69 Å². The molecule has 0 fully saturated rings. The third kappa shape index (κ3) is 6.76. The maximum atomic E-state index is 5.91. The van der Waals surface area contributed by atoms with Crippen molar-refractivity contribution in [1.29, 1.82) is 0 Å². The second-order valence-corrected chi connectivity index (χ2v) is 4.59. The molecule has 0 saturated carbocycles.